The van der Waals surface area contributed by atoms with Gasteiger partial charge >= 0.3 is 5.00 Å². The van der Waals surface area contributed by atoms with Crippen LogP contribution in [0.15, 0.2) is 12.1 Å². The minimum atomic E-state index is -0.475. The molecule has 3 rings (SSSR count). The molecular weight excluding hydrogens is 364 g/mol. The molecule has 0 aromatic carbocycles. The van der Waals surface area contributed by atoms with Gasteiger partial charge in [-0.2, -0.15) is 0 Å². The Morgan fingerprint density at radius 1 is 1.36 bits per heavy atom. The van der Waals surface area contributed by atoms with E-state index in [1.165, 1.54) is 12.1 Å². The molecule has 10 heteroatoms. The van der Waals surface area contributed by atoms with Crippen LogP contribution < -0.4 is 5.32 Å². The molecule has 2 aliphatic heterocycles. The van der Waals surface area contributed by atoms with Crippen LogP contribution >= 0.6 is 23.6 Å². The first kappa shape index (κ1) is 18.0. The Morgan fingerprint density at radius 2 is 2.08 bits per heavy atom. The second kappa shape index (κ2) is 8.07. The number of nitrogens with zero attached hydrogens (tertiary/aromatic N) is 3. The lowest BCUT2D eigenvalue weighted by atomic mass is 10.2. The van der Waals surface area contributed by atoms with E-state index in [4.69, 9.17) is 17.0 Å². The summed E-state index contributed by atoms with van der Waals surface area (Å²) in [6, 6.07) is 2.89. The Morgan fingerprint density at radius 3 is 2.68 bits per heavy atom. The SMILES string of the molecule is O=C(c1ccc([N+](=O)[O-])s1)N1CCN(C(=S)NCC2CCCO2)CC1. The summed E-state index contributed by atoms with van der Waals surface area (Å²) >= 11 is 6.34. The molecule has 0 aliphatic carbocycles. The molecule has 25 heavy (non-hydrogen) atoms. The largest absolute Gasteiger partial charge is 0.376 e. The zero-order valence-corrected chi connectivity index (χ0v) is 15.3. The molecule has 1 amide bonds. The summed E-state index contributed by atoms with van der Waals surface area (Å²) in [7, 11) is 0. The van der Waals surface area contributed by atoms with E-state index in [0.29, 0.717) is 36.2 Å². The Bertz CT molecular complexity index is 652. The lowest BCUT2D eigenvalue weighted by Gasteiger charge is -2.36. The minimum Gasteiger partial charge on any atom is -0.376 e. The highest BCUT2D eigenvalue weighted by molar-refractivity contribution is 7.80. The molecule has 0 spiro atoms. The number of carbonyl (C=O) groups excluding carboxylic acids is 1. The first-order chi connectivity index (χ1) is 12.0. The van der Waals surface area contributed by atoms with Crippen molar-refractivity contribution in [1.82, 2.24) is 15.1 Å². The summed E-state index contributed by atoms with van der Waals surface area (Å²) < 4.78 is 5.57. The molecule has 3 heterocycles. The van der Waals surface area contributed by atoms with Crippen molar-refractivity contribution in [3.63, 3.8) is 0 Å². The van der Waals surface area contributed by atoms with Crippen LogP contribution in [0, 0.1) is 10.1 Å². The molecule has 1 aromatic heterocycles. The van der Waals surface area contributed by atoms with E-state index in [2.05, 4.69) is 5.32 Å². The van der Waals surface area contributed by atoms with Gasteiger partial charge in [-0.3, -0.25) is 14.9 Å². The van der Waals surface area contributed by atoms with Crippen molar-refractivity contribution in [1.29, 1.82) is 0 Å². The third kappa shape index (κ3) is 4.44. The van der Waals surface area contributed by atoms with E-state index in [-0.39, 0.29) is 17.0 Å². The number of amides is 1. The van der Waals surface area contributed by atoms with E-state index in [1.807, 2.05) is 4.90 Å². The van der Waals surface area contributed by atoms with Gasteiger partial charge < -0.3 is 19.9 Å². The zero-order chi connectivity index (χ0) is 17.8. The van der Waals surface area contributed by atoms with Crippen LogP contribution in [0.1, 0.15) is 22.5 Å². The normalized spacial score (nSPS) is 20.6. The molecular formula is C15H20N4O4S2. The first-order valence-electron chi connectivity index (χ1n) is 8.22. The standard InChI is InChI=1S/C15H20N4O4S2/c20-14(12-3-4-13(25-12)19(21)22)17-5-7-18(8-6-17)15(24)16-10-11-2-1-9-23-11/h3-4,11H,1-2,5-10H2,(H,16,24). The van der Waals surface area contributed by atoms with Crippen LogP contribution in [0.4, 0.5) is 5.00 Å². The molecule has 1 aromatic rings. The molecule has 2 aliphatic rings. The van der Waals surface area contributed by atoms with Crippen molar-refractivity contribution in [2.45, 2.75) is 18.9 Å². The van der Waals surface area contributed by atoms with Gasteiger partial charge in [0.25, 0.3) is 5.91 Å². The van der Waals surface area contributed by atoms with Gasteiger partial charge in [0.1, 0.15) is 0 Å². The Kier molecular flexibility index (Phi) is 5.82. The van der Waals surface area contributed by atoms with Crippen LogP contribution in [-0.2, 0) is 4.74 Å². The fraction of sp³-hybridized carbons (Fsp3) is 0.600. The molecule has 136 valence electrons. The van der Waals surface area contributed by atoms with Crippen LogP contribution in [0.3, 0.4) is 0 Å². The summed E-state index contributed by atoms with van der Waals surface area (Å²) in [5.41, 5.74) is 0. The van der Waals surface area contributed by atoms with Crippen molar-refractivity contribution in [3.05, 3.63) is 27.1 Å². The second-order valence-electron chi connectivity index (χ2n) is 6.00. The number of hydrogen-bond acceptors (Lipinski definition) is 6. The zero-order valence-electron chi connectivity index (χ0n) is 13.7. The van der Waals surface area contributed by atoms with E-state index in [1.54, 1.807) is 4.90 Å². The number of nitro groups is 1. The summed E-state index contributed by atoms with van der Waals surface area (Å²) in [6.45, 7) is 3.93. The highest BCUT2D eigenvalue weighted by Crippen LogP contribution is 2.25. The maximum atomic E-state index is 12.4. The van der Waals surface area contributed by atoms with Crippen molar-refractivity contribution in [2.75, 3.05) is 39.3 Å². The first-order valence-corrected chi connectivity index (χ1v) is 9.45. The van der Waals surface area contributed by atoms with Gasteiger partial charge in [-0.25, -0.2) is 0 Å². The van der Waals surface area contributed by atoms with Gasteiger partial charge in [-0.15, -0.1) is 0 Å². The maximum Gasteiger partial charge on any atom is 0.324 e. The van der Waals surface area contributed by atoms with Crippen LogP contribution in [0.5, 0.6) is 0 Å². The minimum absolute atomic E-state index is 0.0125. The molecule has 1 atom stereocenters. The van der Waals surface area contributed by atoms with Crippen LogP contribution in [0.25, 0.3) is 0 Å². The fourth-order valence-electron chi connectivity index (χ4n) is 2.93. The molecule has 8 nitrogen and oxygen atoms in total. The molecule has 0 radical (unpaired) electrons. The topological polar surface area (TPSA) is 88.0 Å². The van der Waals surface area contributed by atoms with Gasteiger partial charge in [0, 0.05) is 45.4 Å². The van der Waals surface area contributed by atoms with Gasteiger partial charge in [-0.05, 0) is 31.1 Å². The predicted octanol–water partition coefficient (Wildman–Crippen LogP) is 1.47. The summed E-state index contributed by atoms with van der Waals surface area (Å²) in [5, 5.41) is 14.7. The maximum absolute atomic E-state index is 12.4. The Hall–Kier alpha value is -1.78. The predicted molar refractivity (Wildman–Crippen MR) is 98.0 cm³/mol. The van der Waals surface area contributed by atoms with Crippen LogP contribution in [-0.4, -0.2) is 71.2 Å². The molecule has 0 bridgehead atoms. The quantitative estimate of drug-likeness (QED) is 0.478. The molecule has 0 saturated carbocycles. The van der Waals surface area contributed by atoms with Crippen molar-refractivity contribution >= 4 is 39.6 Å². The number of ether oxygens (including phenoxy) is 1. The number of carbonyl (C=O) groups is 1. The van der Waals surface area contributed by atoms with Crippen molar-refractivity contribution < 1.29 is 14.5 Å². The Balaban J connectivity index is 1.46. The number of rotatable bonds is 4. The van der Waals surface area contributed by atoms with E-state index < -0.39 is 4.92 Å². The highest BCUT2D eigenvalue weighted by Gasteiger charge is 2.26. The average molecular weight is 384 g/mol. The van der Waals surface area contributed by atoms with Gasteiger partial charge in [0.15, 0.2) is 5.11 Å². The Labute approximate surface area is 154 Å². The second-order valence-corrected chi connectivity index (χ2v) is 7.44. The number of thiocarbonyl (C=S) groups is 1. The third-order valence-electron chi connectivity index (χ3n) is 4.34. The number of piperazine rings is 1. The van der Waals surface area contributed by atoms with E-state index in [9.17, 15) is 14.9 Å². The summed E-state index contributed by atoms with van der Waals surface area (Å²) in [6.07, 6.45) is 2.39. The molecule has 1 N–H and O–H groups in total. The lowest BCUT2D eigenvalue weighted by molar-refractivity contribution is -0.380. The molecule has 2 fully saturated rings. The van der Waals surface area contributed by atoms with Gasteiger partial charge in [0.2, 0.25) is 0 Å². The summed E-state index contributed by atoms with van der Waals surface area (Å²) in [5.74, 6) is -0.156. The van der Waals surface area contributed by atoms with Gasteiger partial charge in [0.05, 0.1) is 15.9 Å². The fourth-order valence-corrected chi connectivity index (χ4v) is 3.98. The average Bonchev–Trinajstić information content (AvgIpc) is 3.30. The lowest BCUT2D eigenvalue weighted by Crippen LogP contribution is -2.53. The van der Waals surface area contributed by atoms with E-state index >= 15 is 0 Å². The summed E-state index contributed by atoms with van der Waals surface area (Å²) in [4.78, 5) is 26.9. The van der Waals surface area contributed by atoms with E-state index in [0.717, 1.165) is 37.3 Å². The van der Waals surface area contributed by atoms with Crippen molar-refractivity contribution in [3.8, 4) is 0 Å². The number of hydrogen-bond donors (Lipinski definition) is 1. The number of nitrogens with one attached hydrogen (secondary N) is 1. The van der Waals surface area contributed by atoms with Gasteiger partial charge in [-0.1, -0.05) is 11.3 Å². The van der Waals surface area contributed by atoms with Crippen molar-refractivity contribution in [2.24, 2.45) is 0 Å². The number of thiophene rings is 1. The third-order valence-corrected chi connectivity index (χ3v) is 5.77. The smallest absolute Gasteiger partial charge is 0.324 e. The monoisotopic (exact) mass is 384 g/mol. The highest BCUT2D eigenvalue weighted by atomic mass is 32.1. The van der Waals surface area contributed by atoms with Crippen LogP contribution in [0.2, 0.25) is 0 Å². The molecule has 1 unspecified atom stereocenters. The molecule has 2 saturated heterocycles.